The zero-order valence-corrected chi connectivity index (χ0v) is 12.1. The van der Waals surface area contributed by atoms with Crippen molar-refractivity contribution in [1.29, 1.82) is 0 Å². The van der Waals surface area contributed by atoms with Crippen molar-refractivity contribution in [1.82, 2.24) is 4.90 Å². The number of hydrogen-bond acceptors (Lipinski definition) is 3. The summed E-state index contributed by atoms with van der Waals surface area (Å²) in [6.07, 6.45) is 4.92. The van der Waals surface area contributed by atoms with E-state index in [-0.39, 0.29) is 4.75 Å². The highest BCUT2D eigenvalue weighted by Gasteiger charge is 2.44. The van der Waals surface area contributed by atoms with Crippen molar-refractivity contribution in [3.63, 3.8) is 0 Å². The molecule has 1 heterocycles. The van der Waals surface area contributed by atoms with Crippen molar-refractivity contribution in [2.45, 2.75) is 30.9 Å². The monoisotopic (exact) mass is 272 g/mol. The van der Waals surface area contributed by atoms with Gasteiger partial charge >= 0.3 is 0 Å². The maximum Gasteiger partial charge on any atom is 0.225 e. The molecule has 3 nitrogen and oxygen atoms in total. The molecule has 2 rings (SSSR count). The van der Waals surface area contributed by atoms with Gasteiger partial charge in [-0.25, -0.2) is 0 Å². The largest absolute Gasteiger partial charge is 0.392 e. The average Bonchev–Trinajstić information content (AvgIpc) is 3.05. The van der Waals surface area contributed by atoms with Crippen molar-refractivity contribution in [3.8, 4) is 0 Å². The van der Waals surface area contributed by atoms with Crippen LogP contribution in [0, 0.1) is 11.8 Å². The Bertz CT molecular complexity index is 337. The second kappa shape index (κ2) is 4.76. The minimum atomic E-state index is -0.0821. The number of hydrogen-bond donors (Lipinski definition) is 1. The molecule has 2 N–H and O–H groups in total. The zero-order chi connectivity index (χ0) is 12.6. The normalized spacial score (nSPS) is 31.1. The molecule has 2 atom stereocenters. The summed E-state index contributed by atoms with van der Waals surface area (Å²) in [7, 11) is 0. The Labute approximate surface area is 112 Å². The molecule has 2 fully saturated rings. The van der Waals surface area contributed by atoms with E-state index in [1.165, 1.54) is 0 Å². The highest BCUT2D eigenvalue weighted by atomic mass is 32.2. The van der Waals surface area contributed by atoms with Crippen LogP contribution in [0.1, 0.15) is 26.2 Å². The molecule has 0 aromatic carbocycles. The number of thioether (sulfide) groups is 1. The van der Waals surface area contributed by atoms with Gasteiger partial charge < -0.3 is 10.6 Å². The Kier molecular flexibility index (Phi) is 3.69. The third kappa shape index (κ3) is 2.45. The van der Waals surface area contributed by atoms with Crippen LogP contribution < -0.4 is 5.73 Å². The smallest absolute Gasteiger partial charge is 0.225 e. The van der Waals surface area contributed by atoms with Gasteiger partial charge in [-0.2, -0.15) is 11.8 Å². The summed E-state index contributed by atoms with van der Waals surface area (Å²) in [5, 5.41) is 0. The second-order valence-corrected chi connectivity index (χ2v) is 6.84. The van der Waals surface area contributed by atoms with Gasteiger partial charge in [0.25, 0.3) is 0 Å². The Morgan fingerprint density at radius 2 is 2.00 bits per heavy atom. The van der Waals surface area contributed by atoms with Crippen molar-refractivity contribution in [2.75, 3.05) is 19.3 Å². The summed E-state index contributed by atoms with van der Waals surface area (Å²) >= 11 is 6.90. The van der Waals surface area contributed by atoms with E-state index in [4.69, 9.17) is 18.0 Å². The first-order valence-electron chi connectivity index (χ1n) is 6.14. The van der Waals surface area contributed by atoms with Crippen molar-refractivity contribution >= 4 is 34.9 Å². The third-order valence-electron chi connectivity index (χ3n) is 4.15. The summed E-state index contributed by atoms with van der Waals surface area (Å²) in [4.78, 5) is 14.7. The SMILES string of the molecule is CSC1(C(N)=S)CCN(C(=O)C2CC2C)CC1. The van der Waals surface area contributed by atoms with Crippen LogP contribution in [0.25, 0.3) is 0 Å². The van der Waals surface area contributed by atoms with E-state index in [1.807, 2.05) is 4.90 Å². The van der Waals surface area contributed by atoms with E-state index in [0.717, 1.165) is 32.4 Å². The maximum atomic E-state index is 12.1. The van der Waals surface area contributed by atoms with E-state index >= 15 is 0 Å². The van der Waals surface area contributed by atoms with E-state index in [1.54, 1.807) is 11.8 Å². The molecule has 2 unspecified atom stereocenters. The molecule has 0 radical (unpaired) electrons. The molecule has 0 spiro atoms. The Hall–Kier alpha value is -0.290. The lowest BCUT2D eigenvalue weighted by atomic mass is 9.95. The predicted molar refractivity (Wildman–Crippen MR) is 76.1 cm³/mol. The lowest BCUT2D eigenvalue weighted by Gasteiger charge is -2.40. The molecular formula is C12H20N2OS2. The standard InChI is InChI=1S/C12H20N2OS2/c1-8-7-9(8)10(15)14-5-3-12(17-2,4-6-14)11(13)16/h8-9H,3-7H2,1-2H3,(H2,13,16). The van der Waals surface area contributed by atoms with Crippen molar-refractivity contribution in [3.05, 3.63) is 0 Å². The van der Waals surface area contributed by atoms with Gasteiger partial charge in [0.1, 0.15) is 0 Å². The summed E-state index contributed by atoms with van der Waals surface area (Å²) < 4.78 is -0.0821. The number of rotatable bonds is 3. The van der Waals surface area contributed by atoms with Gasteiger partial charge in [0, 0.05) is 19.0 Å². The van der Waals surface area contributed by atoms with Gasteiger partial charge in [-0.15, -0.1) is 0 Å². The summed E-state index contributed by atoms with van der Waals surface area (Å²) in [5.41, 5.74) is 5.84. The lowest BCUT2D eigenvalue weighted by Crippen LogP contribution is -2.51. The Morgan fingerprint density at radius 3 is 2.35 bits per heavy atom. The molecule has 96 valence electrons. The predicted octanol–water partition coefficient (Wildman–Crippen LogP) is 1.65. The minimum absolute atomic E-state index is 0.0821. The molecule has 0 aromatic rings. The topological polar surface area (TPSA) is 46.3 Å². The highest BCUT2D eigenvalue weighted by molar-refractivity contribution is 8.02. The van der Waals surface area contributed by atoms with Gasteiger partial charge in [-0.05, 0) is 31.4 Å². The number of thiocarbonyl (C=S) groups is 1. The number of piperidine rings is 1. The fourth-order valence-corrected chi connectivity index (χ4v) is 3.79. The van der Waals surface area contributed by atoms with Crippen LogP contribution in [0.15, 0.2) is 0 Å². The van der Waals surface area contributed by atoms with Crippen molar-refractivity contribution in [2.24, 2.45) is 17.6 Å². The number of carbonyl (C=O) groups is 1. The molecule has 2 aliphatic rings. The molecule has 1 saturated carbocycles. The summed E-state index contributed by atoms with van der Waals surface area (Å²) in [5.74, 6) is 1.22. The molecule has 1 aliphatic carbocycles. The quantitative estimate of drug-likeness (QED) is 0.794. The third-order valence-corrected chi connectivity index (χ3v) is 6.08. The molecule has 1 aliphatic heterocycles. The first-order valence-corrected chi connectivity index (χ1v) is 7.77. The first-order chi connectivity index (χ1) is 8.00. The van der Waals surface area contributed by atoms with Crippen LogP contribution in [0.5, 0.6) is 0 Å². The van der Waals surface area contributed by atoms with Crippen molar-refractivity contribution < 1.29 is 4.79 Å². The Balaban J connectivity index is 1.93. The Morgan fingerprint density at radius 1 is 1.47 bits per heavy atom. The first kappa shape index (κ1) is 13.1. The van der Waals surface area contributed by atoms with E-state index in [2.05, 4.69) is 13.2 Å². The molecule has 17 heavy (non-hydrogen) atoms. The summed E-state index contributed by atoms with van der Waals surface area (Å²) in [6.45, 7) is 3.76. The summed E-state index contributed by atoms with van der Waals surface area (Å²) in [6, 6.07) is 0. The van der Waals surface area contributed by atoms with Crippen LogP contribution in [0.4, 0.5) is 0 Å². The van der Waals surface area contributed by atoms with Crippen LogP contribution in [0.3, 0.4) is 0 Å². The van der Waals surface area contributed by atoms with E-state index < -0.39 is 0 Å². The number of amides is 1. The number of carbonyl (C=O) groups excluding carboxylic acids is 1. The highest BCUT2D eigenvalue weighted by Crippen LogP contribution is 2.41. The number of nitrogens with zero attached hydrogens (tertiary/aromatic N) is 1. The molecule has 0 bridgehead atoms. The van der Waals surface area contributed by atoms with Gasteiger partial charge in [0.2, 0.25) is 5.91 Å². The number of nitrogens with two attached hydrogens (primary N) is 1. The fraction of sp³-hybridized carbons (Fsp3) is 0.833. The zero-order valence-electron chi connectivity index (χ0n) is 10.4. The lowest BCUT2D eigenvalue weighted by molar-refractivity contribution is -0.133. The molecule has 5 heteroatoms. The van der Waals surface area contributed by atoms with Crippen LogP contribution >= 0.6 is 24.0 Å². The molecule has 0 aromatic heterocycles. The van der Waals surface area contributed by atoms with Gasteiger partial charge in [0.15, 0.2) is 0 Å². The molecule has 1 amide bonds. The number of likely N-dealkylation sites (tertiary alicyclic amines) is 1. The second-order valence-electron chi connectivity index (χ2n) is 5.21. The fourth-order valence-electron chi connectivity index (χ4n) is 2.54. The van der Waals surface area contributed by atoms with Gasteiger partial charge in [0.05, 0.1) is 9.74 Å². The minimum Gasteiger partial charge on any atom is -0.392 e. The van der Waals surface area contributed by atoms with Gasteiger partial charge in [-0.3, -0.25) is 4.79 Å². The van der Waals surface area contributed by atoms with E-state index in [0.29, 0.717) is 22.7 Å². The molecule has 1 saturated heterocycles. The van der Waals surface area contributed by atoms with Gasteiger partial charge in [-0.1, -0.05) is 19.1 Å². The van der Waals surface area contributed by atoms with Crippen LogP contribution in [-0.4, -0.2) is 39.9 Å². The van der Waals surface area contributed by atoms with Crippen LogP contribution in [0.2, 0.25) is 0 Å². The average molecular weight is 272 g/mol. The maximum absolute atomic E-state index is 12.1. The molecular weight excluding hydrogens is 252 g/mol. The van der Waals surface area contributed by atoms with E-state index in [9.17, 15) is 4.79 Å². The van der Waals surface area contributed by atoms with Crippen LogP contribution in [-0.2, 0) is 4.79 Å².